The van der Waals surface area contributed by atoms with Gasteiger partial charge in [-0.25, -0.2) is 14.3 Å². The number of H-pyrrole nitrogens is 2. The molecule has 3 N–H and O–H groups in total. The molecule has 2 aromatic heterocycles. The number of halogens is 1. The molecular formula is C19H14ClN5O3. The largest absolute Gasteiger partial charge is 0.493 e. The standard InChI is InChI=1S/C19H14ClN5O3/c1-10-22-15-7-4-12(8-16(15)23-10)21-9-14-17(26)24-19(28)25(18(14)27)13-5-2-11(20)3-6-13/h2-9,27H,1H3,(H,22,23)(H,24,26,28). The zero-order chi connectivity index (χ0) is 19.8. The summed E-state index contributed by atoms with van der Waals surface area (Å²) in [6.07, 6.45) is 1.21. The molecule has 8 nitrogen and oxygen atoms in total. The summed E-state index contributed by atoms with van der Waals surface area (Å²) in [6, 6.07) is 11.6. The third kappa shape index (κ3) is 3.21. The zero-order valence-corrected chi connectivity index (χ0v) is 15.4. The Morgan fingerprint density at radius 3 is 2.64 bits per heavy atom. The Morgan fingerprint density at radius 1 is 1.14 bits per heavy atom. The number of aromatic nitrogens is 4. The first-order chi connectivity index (χ1) is 13.4. The van der Waals surface area contributed by atoms with Gasteiger partial charge in [0.2, 0.25) is 5.88 Å². The van der Waals surface area contributed by atoms with E-state index in [0.29, 0.717) is 16.4 Å². The molecule has 2 heterocycles. The van der Waals surface area contributed by atoms with E-state index < -0.39 is 17.1 Å². The second-order valence-corrected chi connectivity index (χ2v) is 6.53. The molecule has 0 atom stereocenters. The van der Waals surface area contributed by atoms with Crippen molar-refractivity contribution in [2.45, 2.75) is 6.92 Å². The topological polar surface area (TPSA) is 116 Å². The molecule has 0 fully saturated rings. The highest BCUT2D eigenvalue weighted by Crippen LogP contribution is 2.21. The van der Waals surface area contributed by atoms with Crippen molar-refractivity contribution in [1.82, 2.24) is 19.5 Å². The molecule has 0 saturated heterocycles. The Morgan fingerprint density at radius 2 is 1.89 bits per heavy atom. The van der Waals surface area contributed by atoms with Crippen LogP contribution in [0.4, 0.5) is 5.69 Å². The van der Waals surface area contributed by atoms with Gasteiger partial charge in [0, 0.05) is 11.2 Å². The number of nitrogens with zero attached hydrogens (tertiary/aromatic N) is 3. The zero-order valence-electron chi connectivity index (χ0n) is 14.6. The minimum atomic E-state index is -0.767. The van der Waals surface area contributed by atoms with Crippen molar-refractivity contribution >= 4 is 34.5 Å². The quantitative estimate of drug-likeness (QED) is 0.462. The van der Waals surface area contributed by atoms with Gasteiger partial charge in [0.15, 0.2) is 0 Å². The minimum absolute atomic E-state index is 0.143. The maximum absolute atomic E-state index is 12.2. The number of imidazole rings is 1. The van der Waals surface area contributed by atoms with Crippen molar-refractivity contribution in [3.05, 3.63) is 79.7 Å². The number of hydrogen-bond acceptors (Lipinski definition) is 5. The lowest BCUT2D eigenvalue weighted by molar-refractivity contribution is 0.430. The molecule has 0 bridgehead atoms. The normalized spacial score (nSPS) is 11.5. The van der Waals surface area contributed by atoms with Crippen molar-refractivity contribution in [2.24, 2.45) is 4.99 Å². The molecule has 4 rings (SSSR count). The number of rotatable bonds is 3. The highest BCUT2D eigenvalue weighted by atomic mass is 35.5. The SMILES string of the molecule is Cc1nc2ccc(N=Cc3c(O)n(-c4ccc(Cl)cc4)c(=O)[nH]c3=O)cc2[nH]1. The van der Waals surface area contributed by atoms with E-state index in [0.717, 1.165) is 21.4 Å². The first-order valence-electron chi connectivity index (χ1n) is 8.27. The number of nitrogens with one attached hydrogen (secondary N) is 2. The van der Waals surface area contributed by atoms with E-state index in [-0.39, 0.29) is 5.56 Å². The average Bonchev–Trinajstić information content (AvgIpc) is 3.02. The molecule has 0 aliphatic heterocycles. The summed E-state index contributed by atoms with van der Waals surface area (Å²) in [5.74, 6) is 0.263. The fraction of sp³-hybridized carbons (Fsp3) is 0.0526. The van der Waals surface area contributed by atoms with Gasteiger partial charge in [-0.1, -0.05) is 11.6 Å². The molecule has 2 aromatic carbocycles. The highest BCUT2D eigenvalue weighted by Gasteiger charge is 2.14. The number of benzene rings is 2. The van der Waals surface area contributed by atoms with Crippen LogP contribution in [-0.4, -0.2) is 30.8 Å². The number of aromatic amines is 2. The monoisotopic (exact) mass is 395 g/mol. The number of aromatic hydroxyl groups is 1. The van der Waals surface area contributed by atoms with Crippen LogP contribution in [0.2, 0.25) is 5.02 Å². The summed E-state index contributed by atoms with van der Waals surface area (Å²) in [5, 5.41) is 11.0. The molecule has 28 heavy (non-hydrogen) atoms. The summed E-state index contributed by atoms with van der Waals surface area (Å²) >= 11 is 5.86. The van der Waals surface area contributed by atoms with E-state index in [1.807, 2.05) is 6.92 Å². The summed E-state index contributed by atoms with van der Waals surface area (Å²) in [6.45, 7) is 1.85. The Hall–Kier alpha value is -3.65. The number of fused-ring (bicyclic) bond motifs is 1. The molecule has 9 heteroatoms. The molecule has 140 valence electrons. The summed E-state index contributed by atoms with van der Waals surface area (Å²) in [4.78, 5) is 38.2. The smallest absolute Gasteiger partial charge is 0.335 e. The van der Waals surface area contributed by atoms with Crippen molar-refractivity contribution in [3.8, 4) is 11.6 Å². The van der Waals surface area contributed by atoms with Gasteiger partial charge < -0.3 is 10.1 Å². The predicted octanol–water partition coefficient (Wildman–Crippen LogP) is 2.82. The van der Waals surface area contributed by atoms with E-state index in [1.54, 1.807) is 42.5 Å². The third-order valence-electron chi connectivity index (χ3n) is 4.13. The van der Waals surface area contributed by atoms with Crippen molar-refractivity contribution in [2.75, 3.05) is 0 Å². The van der Waals surface area contributed by atoms with Crippen molar-refractivity contribution in [1.29, 1.82) is 0 Å². The molecule has 0 unspecified atom stereocenters. The lowest BCUT2D eigenvalue weighted by Crippen LogP contribution is -2.31. The van der Waals surface area contributed by atoms with E-state index in [1.165, 1.54) is 6.21 Å². The van der Waals surface area contributed by atoms with Gasteiger partial charge in [-0.05, 0) is 49.4 Å². The van der Waals surface area contributed by atoms with Gasteiger partial charge in [0.25, 0.3) is 5.56 Å². The second kappa shape index (κ2) is 6.82. The van der Waals surface area contributed by atoms with Gasteiger partial charge in [0.05, 0.1) is 22.4 Å². The van der Waals surface area contributed by atoms with Crippen LogP contribution in [0.15, 0.2) is 57.0 Å². The molecule has 0 aliphatic rings. The Labute approximate surface area is 162 Å². The van der Waals surface area contributed by atoms with Crippen LogP contribution in [0.3, 0.4) is 0 Å². The molecule has 0 amide bonds. The minimum Gasteiger partial charge on any atom is -0.493 e. The number of aryl methyl sites for hydroxylation is 1. The number of aliphatic imine (C=N–C) groups is 1. The van der Waals surface area contributed by atoms with E-state index in [9.17, 15) is 14.7 Å². The van der Waals surface area contributed by atoms with Gasteiger partial charge in [0.1, 0.15) is 11.4 Å². The van der Waals surface area contributed by atoms with Gasteiger partial charge in [-0.3, -0.25) is 14.8 Å². The first kappa shape index (κ1) is 17.7. The van der Waals surface area contributed by atoms with E-state index in [2.05, 4.69) is 19.9 Å². The molecule has 0 spiro atoms. The Balaban J connectivity index is 1.79. The van der Waals surface area contributed by atoms with Crippen LogP contribution in [0.1, 0.15) is 11.4 Å². The summed E-state index contributed by atoms with van der Waals surface area (Å²) in [7, 11) is 0. The Bertz CT molecular complexity index is 1330. The number of hydrogen-bond donors (Lipinski definition) is 3. The maximum Gasteiger partial charge on any atom is 0.335 e. The first-order valence-corrected chi connectivity index (χ1v) is 8.65. The second-order valence-electron chi connectivity index (χ2n) is 6.09. The maximum atomic E-state index is 12.2. The van der Waals surface area contributed by atoms with E-state index >= 15 is 0 Å². The highest BCUT2D eigenvalue weighted by molar-refractivity contribution is 6.30. The lowest BCUT2D eigenvalue weighted by Gasteiger charge is -2.09. The van der Waals surface area contributed by atoms with Gasteiger partial charge in [-0.15, -0.1) is 0 Å². The van der Waals surface area contributed by atoms with Crippen LogP contribution < -0.4 is 11.2 Å². The fourth-order valence-electron chi connectivity index (χ4n) is 2.83. The predicted molar refractivity (Wildman–Crippen MR) is 107 cm³/mol. The molecule has 0 radical (unpaired) electrons. The summed E-state index contributed by atoms with van der Waals surface area (Å²) in [5.41, 5.74) is 0.859. The molecule has 4 aromatic rings. The third-order valence-corrected chi connectivity index (χ3v) is 4.38. The molecular weight excluding hydrogens is 382 g/mol. The summed E-state index contributed by atoms with van der Waals surface area (Å²) < 4.78 is 0.973. The fourth-order valence-corrected chi connectivity index (χ4v) is 2.96. The van der Waals surface area contributed by atoms with Crippen LogP contribution >= 0.6 is 11.6 Å². The van der Waals surface area contributed by atoms with Crippen molar-refractivity contribution in [3.63, 3.8) is 0 Å². The van der Waals surface area contributed by atoms with Crippen LogP contribution in [0, 0.1) is 6.92 Å². The molecule has 0 aliphatic carbocycles. The van der Waals surface area contributed by atoms with Gasteiger partial charge in [-0.2, -0.15) is 0 Å². The van der Waals surface area contributed by atoms with E-state index in [4.69, 9.17) is 11.6 Å². The van der Waals surface area contributed by atoms with Crippen LogP contribution in [0.25, 0.3) is 16.7 Å². The lowest BCUT2D eigenvalue weighted by atomic mass is 10.2. The average molecular weight is 396 g/mol. The molecule has 0 saturated carbocycles. The van der Waals surface area contributed by atoms with Crippen LogP contribution in [-0.2, 0) is 0 Å². The van der Waals surface area contributed by atoms with Crippen LogP contribution in [0.5, 0.6) is 5.88 Å². The Kier molecular flexibility index (Phi) is 4.32. The van der Waals surface area contributed by atoms with Gasteiger partial charge >= 0.3 is 5.69 Å². The van der Waals surface area contributed by atoms with Crippen molar-refractivity contribution < 1.29 is 5.11 Å².